The summed E-state index contributed by atoms with van der Waals surface area (Å²) in [5.74, 6) is -0.230. The molecule has 1 aromatic rings. The van der Waals surface area contributed by atoms with E-state index in [0.717, 1.165) is 0 Å². The van der Waals surface area contributed by atoms with Gasteiger partial charge in [0.2, 0.25) is 0 Å². The first kappa shape index (κ1) is 17.4. The van der Waals surface area contributed by atoms with E-state index in [1.807, 2.05) is 0 Å². The first-order valence-electron chi connectivity index (χ1n) is 7.27. The van der Waals surface area contributed by atoms with Gasteiger partial charge in [0.25, 0.3) is 0 Å². The summed E-state index contributed by atoms with van der Waals surface area (Å²) in [5, 5.41) is 5.22. The molecule has 24 heavy (non-hydrogen) atoms. The predicted molar refractivity (Wildman–Crippen MR) is 87.7 cm³/mol. The lowest BCUT2D eigenvalue weighted by atomic mass is 9.89. The maximum Gasteiger partial charge on any atom is 0.319 e. The Morgan fingerprint density at radius 2 is 2.08 bits per heavy atom. The molecule has 2 amide bonds. The van der Waals surface area contributed by atoms with E-state index < -0.39 is 24.0 Å². The van der Waals surface area contributed by atoms with Crippen LogP contribution in [0.4, 0.5) is 4.79 Å². The minimum atomic E-state index is -0.752. The Morgan fingerprint density at radius 3 is 2.71 bits per heavy atom. The van der Waals surface area contributed by atoms with Gasteiger partial charge in [-0.1, -0.05) is 25.3 Å². The molecule has 1 aliphatic rings. The third-order valence-electron chi connectivity index (χ3n) is 3.63. The fraction of sp³-hybridized carbons (Fsp3) is 0.294. The van der Waals surface area contributed by atoms with Crippen molar-refractivity contribution in [2.24, 2.45) is 5.92 Å². The van der Waals surface area contributed by atoms with Crippen LogP contribution in [0.3, 0.4) is 0 Å². The highest BCUT2D eigenvalue weighted by Gasteiger charge is 2.38. The summed E-state index contributed by atoms with van der Waals surface area (Å²) in [4.78, 5) is 23.9. The smallest absolute Gasteiger partial charge is 0.319 e. The van der Waals surface area contributed by atoms with Gasteiger partial charge in [0.15, 0.2) is 11.5 Å². The molecule has 0 aliphatic carbocycles. The van der Waals surface area contributed by atoms with Crippen molar-refractivity contribution in [1.29, 1.82) is 0 Å². The molecule has 1 aliphatic heterocycles. The highest BCUT2D eigenvalue weighted by atomic mass is 16.5. The van der Waals surface area contributed by atoms with Crippen molar-refractivity contribution in [2.45, 2.75) is 6.04 Å². The molecule has 0 bridgehead atoms. The van der Waals surface area contributed by atoms with Gasteiger partial charge in [-0.15, -0.1) is 0 Å². The van der Waals surface area contributed by atoms with E-state index in [-0.39, 0.29) is 5.70 Å². The monoisotopic (exact) mass is 332 g/mol. The fourth-order valence-electron chi connectivity index (χ4n) is 2.51. The highest BCUT2D eigenvalue weighted by molar-refractivity contribution is 5.85. The molecule has 2 N–H and O–H groups in total. The van der Waals surface area contributed by atoms with Crippen molar-refractivity contribution < 1.29 is 23.8 Å². The van der Waals surface area contributed by atoms with Crippen molar-refractivity contribution in [3.05, 3.63) is 48.7 Å². The van der Waals surface area contributed by atoms with Crippen LogP contribution in [0.25, 0.3) is 0 Å². The first-order valence-corrected chi connectivity index (χ1v) is 7.27. The van der Waals surface area contributed by atoms with Crippen molar-refractivity contribution in [1.82, 2.24) is 10.6 Å². The standard InChI is InChI=1S/C17H20N2O5/c1-5-8-24-12-7-6-11(9-13(12)22-3)15-14(16(20)23-4)10(2)18-17(21)19-15/h5-7,9,14-15H,1-2,8H2,3-4H3,(H2,18,19,21)/t14-,15-/m1/s1. The minimum Gasteiger partial charge on any atom is -0.493 e. The minimum absolute atomic E-state index is 0.279. The molecule has 0 aromatic heterocycles. The third-order valence-corrected chi connectivity index (χ3v) is 3.63. The molecule has 1 aromatic carbocycles. The van der Waals surface area contributed by atoms with Gasteiger partial charge in [-0.05, 0) is 17.7 Å². The number of benzene rings is 1. The SMILES string of the molecule is C=CCOc1ccc([C@H]2NC(=O)NC(=C)[C@H]2C(=O)OC)cc1OC. The van der Waals surface area contributed by atoms with Gasteiger partial charge in [-0.2, -0.15) is 0 Å². The summed E-state index contributed by atoms with van der Waals surface area (Å²) in [6.45, 7) is 7.68. The summed E-state index contributed by atoms with van der Waals surface area (Å²) in [5.41, 5.74) is 0.950. The largest absolute Gasteiger partial charge is 0.493 e. The van der Waals surface area contributed by atoms with Crippen LogP contribution >= 0.6 is 0 Å². The summed E-state index contributed by atoms with van der Waals surface area (Å²) in [6.07, 6.45) is 1.62. The first-order chi connectivity index (χ1) is 11.5. The number of amides is 2. The Balaban J connectivity index is 2.39. The number of methoxy groups -OCH3 is 2. The number of hydrogen-bond donors (Lipinski definition) is 2. The number of hydrogen-bond acceptors (Lipinski definition) is 5. The van der Waals surface area contributed by atoms with Crippen LogP contribution in [-0.2, 0) is 9.53 Å². The molecular weight excluding hydrogens is 312 g/mol. The Morgan fingerprint density at radius 1 is 1.33 bits per heavy atom. The topological polar surface area (TPSA) is 85.9 Å². The van der Waals surface area contributed by atoms with Crippen molar-refractivity contribution in [2.75, 3.05) is 20.8 Å². The van der Waals surface area contributed by atoms with Crippen LogP contribution in [0.15, 0.2) is 43.1 Å². The average Bonchev–Trinajstić information content (AvgIpc) is 2.58. The Kier molecular flexibility index (Phi) is 5.47. The zero-order valence-electron chi connectivity index (χ0n) is 13.6. The molecule has 7 heteroatoms. The molecule has 0 saturated carbocycles. The second-order valence-corrected chi connectivity index (χ2v) is 5.11. The summed E-state index contributed by atoms with van der Waals surface area (Å²) in [6, 6.07) is 4.11. The van der Waals surface area contributed by atoms with E-state index in [1.165, 1.54) is 14.2 Å². The molecule has 0 spiro atoms. The second kappa shape index (κ2) is 7.54. The van der Waals surface area contributed by atoms with Gasteiger partial charge < -0.3 is 24.8 Å². The molecule has 2 rings (SSSR count). The Labute approximate surface area is 140 Å². The Hall–Kier alpha value is -2.96. The van der Waals surface area contributed by atoms with E-state index in [2.05, 4.69) is 23.8 Å². The lowest BCUT2D eigenvalue weighted by molar-refractivity contribution is -0.145. The predicted octanol–water partition coefficient (Wildman–Crippen LogP) is 1.92. The summed E-state index contributed by atoms with van der Waals surface area (Å²) >= 11 is 0. The molecule has 1 heterocycles. The molecular formula is C17H20N2O5. The van der Waals surface area contributed by atoms with Gasteiger partial charge in [0.1, 0.15) is 12.5 Å². The molecule has 128 valence electrons. The van der Waals surface area contributed by atoms with E-state index in [4.69, 9.17) is 14.2 Å². The average molecular weight is 332 g/mol. The Bertz CT molecular complexity index is 671. The lowest BCUT2D eigenvalue weighted by Crippen LogP contribution is -2.51. The summed E-state index contributed by atoms with van der Waals surface area (Å²) in [7, 11) is 2.80. The highest BCUT2D eigenvalue weighted by Crippen LogP contribution is 2.35. The summed E-state index contributed by atoms with van der Waals surface area (Å²) < 4.78 is 15.7. The van der Waals surface area contributed by atoms with Crippen LogP contribution in [0, 0.1) is 5.92 Å². The van der Waals surface area contributed by atoms with E-state index in [0.29, 0.717) is 23.7 Å². The zero-order chi connectivity index (χ0) is 17.7. The van der Waals surface area contributed by atoms with Crippen LogP contribution in [0.2, 0.25) is 0 Å². The molecule has 0 radical (unpaired) electrons. The number of carbonyl (C=O) groups is 2. The van der Waals surface area contributed by atoms with Crippen molar-refractivity contribution >= 4 is 12.0 Å². The normalized spacial score (nSPS) is 19.8. The van der Waals surface area contributed by atoms with E-state index in [1.54, 1.807) is 24.3 Å². The number of ether oxygens (including phenoxy) is 3. The van der Waals surface area contributed by atoms with E-state index in [9.17, 15) is 9.59 Å². The molecule has 0 unspecified atom stereocenters. The van der Waals surface area contributed by atoms with Crippen LogP contribution in [0.1, 0.15) is 11.6 Å². The van der Waals surface area contributed by atoms with Gasteiger partial charge in [-0.3, -0.25) is 4.79 Å². The number of rotatable bonds is 6. The van der Waals surface area contributed by atoms with Gasteiger partial charge >= 0.3 is 12.0 Å². The molecule has 1 fully saturated rings. The number of nitrogens with one attached hydrogen (secondary N) is 2. The van der Waals surface area contributed by atoms with Crippen molar-refractivity contribution in [3.63, 3.8) is 0 Å². The van der Waals surface area contributed by atoms with Crippen LogP contribution < -0.4 is 20.1 Å². The van der Waals surface area contributed by atoms with E-state index >= 15 is 0 Å². The van der Waals surface area contributed by atoms with Crippen LogP contribution in [-0.4, -0.2) is 32.8 Å². The maximum absolute atomic E-state index is 12.1. The molecule has 2 atom stereocenters. The molecule has 7 nitrogen and oxygen atoms in total. The maximum atomic E-state index is 12.1. The van der Waals surface area contributed by atoms with Gasteiger partial charge in [-0.25, -0.2) is 4.79 Å². The molecule has 1 saturated heterocycles. The zero-order valence-corrected chi connectivity index (χ0v) is 13.6. The van der Waals surface area contributed by atoms with Gasteiger partial charge in [0.05, 0.1) is 20.3 Å². The quantitative estimate of drug-likeness (QED) is 0.614. The fourth-order valence-corrected chi connectivity index (χ4v) is 2.51. The third kappa shape index (κ3) is 3.51. The van der Waals surface area contributed by atoms with Crippen molar-refractivity contribution in [3.8, 4) is 11.5 Å². The van der Waals surface area contributed by atoms with Gasteiger partial charge in [0, 0.05) is 5.70 Å². The second-order valence-electron chi connectivity index (χ2n) is 5.11. The number of urea groups is 1. The lowest BCUT2D eigenvalue weighted by Gasteiger charge is -2.33. The van der Waals surface area contributed by atoms with Crippen LogP contribution in [0.5, 0.6) is 11.5 Å². The number of carbonyl (C=O) groups excluding carboxylic acids is 2. The number of esters is 1.